The maximum absolute atomic E-state index is 12.6. The molecule has 0 atom stereocenters. The van der Waals surface area contributed by atoms with Gasteiger partial charge in [-0.2, -0.15) is 0 Å². The number of hydrogen-bond donors (Lipinski definition) is 4. The highest BCUT2D eigenvalue weighted by Crippen LogP contribution is 2.24. The van der Waals surface area contributed by atoms with Gasteiger partial charge in [0, 0.05) is 41.2 Å². The van der Waals surface area contributed by atoms with Crippen LogP contribution in [0.5, 0.6) is 0 Å². The van der Waals surface area contributed by atoms with Gasteiger partial charge in [-0.3, -0.25) is 14.4 Å². The quantitative estimate of drug-likeness (QED) is 0.186. The number of rotatable bonds is 11. The number of carbonyl (C=O) groups is 4. The number of benzene rings is 3. The van der Waals surface area contributed by atoms with Gasteiger partial charge in [0.2, 0.25) is 17.7 Å². The number of aromatic carboxylic acids is 1. The zero-order valence-corrected chi connectivity index (χ0v) is 22.1. The molecule has 42 heavy (non-hydrogen) atoms. The molecule has 3 amide bonds. The highest BCUT2D eigenvalue weighted by Gasteiger charge is 2.13. The highest BCUT2D eigenvalue weighted by atomic mass is 16.5. The molecule has 0 fully saturated rings. The standard InChI is InChI=1S/C29H25N7O6/c37-26(12-13-27(38)31-20-10-8-19(9-11-20)25-14-24(29(40)41)34-42-25)30-15-21-16-36(35-33-21)17-28(39)32-23-7-3-5-18-4-1-2-6-22(18)23/h1-11,14,16H,12-13,15,17H2,(H,30,37)(H,31,38)(H,32,39)(H,40,41). The predicted molar refractivity (Wildman–Crippen MR) is 151 cm³/mol. The van der Waals surface area contributed by atoms with Gasteiger partial charge >= 0.3 is 5.97 Å². The summed E-state index contributed by atoms with van der Waals surface area (Å²) in [6, 6.07) is 21.3. The summed E-state index contributed by atoms with van der Waals surface area (Å²) in [5.41, 5.74) is 2.06. The average molecular weight is 568 g/mol. The van der Waals surface area contributed by atoms with Gasteiger partial charge in [0.1, 0.15) is 12.2 Å². The van der Waals surface area contributed by atoms with Gasteiger partial charge in [0.15, 0.2) is 11.5 Å². The summed E-state index contributed by atoms with van der Waals surface area (Å²) >= 11 is 0. The fourth-order valence-electron chi connectivity index (χ4n) is 4.13. The van der Waals surface area contributed by atoms with Crippen molar-refractivity contribution < 1.29 is 28.8 Å². The predicted octanol–water partition coefficient (Wildman–Crippen LogP) is 3.46. The van der Waals surface area contributed by atoms with Crippen molar-refractivity contribution in [2.45, 2.75) is 25.9 Å². The molecule has 0 unspecified atom stereocenters. The fraction of sp³-hybridized carbons (Fsp3) is 0.138. The van der Waals surface area contributed by atoms with E-state index in [1.165, 1.54) is 10.7 Å². The molecule has 3 aromatic carbocycles. The third-order valence-electron chi connectivity index (χ3n) is 6.18. The van der Waals surface area contributed by atoms with E-state index in [1.54, 1.807) is 30.5 Å². The van der Waals surface area contributed by atoms with Crippen LogP contribution in [0.3, 0.4) is 0 Å². The summed E-state index contributed by atoms with van der Waals surface area (Å²) in [6.45, 7) is 0.0468. The minimum Gasteiger partial charge on any atom is -0.476 e. The van der Waals surface area contributed by atoms with E-state index in [0.29, 0.717) is 22.6 Å². The Morgan fingerprint density at radius 3 is 2.40 bits per heavy atom. The van der Waals surface area contributed by atoms with Gasteiger partial charge in [-0.05, 0) is 35.7 Å². The number of anilines is 2. The summed E-state index contributed by atoms with van der Waals surface area (Å²) in [4.78, 5) is 48.0. The van der Waals surface area contributed by atoms with E-state index in [9.17, 15) is 19.2 Å². The van der Waals surface area contributed by atoms with Crippen molar-refractivity contribution in [1.29, 1.82) is 0 Å². The molecule has 2 aromatic heterocycles. The second-order valence-electron chi connectivity index (χ2n) is 9.27. The molecule has 0 radical (unpaired) electrons. The molecule has 5 rings (SSSR count). The smallest absolute Gasteiger partial charge is 0.358 e. The Morgan fingerprint density at radius 2 is 1.62 bits per heavy atom. The van der Waals surface area contributed by atoms with Crippen LogP contribution in [-0.2, 0) is 27.5 Å². The van der Waals surface area contributed by atoms with Crippen molar-refractivity contribution in [3.05, 3.63) is 90.4 Å². The zero-order chi connectivity index (χ0) is 29.5. The molecule has 0 saturated carbocycles. The number of nitrogens with zero attached hydrogens (tertiary/aromatic N) is 4. The van der Waals surface area contributed by atoms with Crippen LogP contribution >= 0.6 is 0 Å². The van der Waals surface area contributed by atoms with Crippen molar-refractivity contribution in [2.24, 2.45) is 0 Å². The van der Waals surface area contributed by atoms with Gasteiger partial charge in [0.05, 0.1) is 12.7 Å². The molecular weight excluding hydrogens is 542 g/mol. The van der Waals surface area contributed by atoms with Crippen molar-refractivity contribution in [3.63, 3.8) is 0 Å². The molecule has 2 heterocycles. The topological polar surface area (TPSA) is 181 Å². The summed E-state index contributed by atoms with van der Waals surface area (Å²) < 4.78 is 6.40. The van der Waals surface area contributed by atoms with E-state index in [-0.39, 0.29) is 55.1 Å². The number of fused-ring (bicyclic) bond motifs is 1. The molecule has 0 spiro atoms. The minimum atomic E-state index is -1.19. The number of carboxylic acids is 1. The fourth-order valence-corrected chi connectivity index (χ4v) is 4.13. The molecular formula is C29H25N7O6. The first-order chi connectivity index (χ1) is 20.3. The Kier molecular flexibility index (Phi) is 8.28. The van der Waals surface area contributed by atoms with Gasteiger partial charge in [-0.25, -0.2) is 9.48 Å². The van der Waals surface area contributed by atoms with Crippen LogP contribution < -0.4 is 16.0 Å². The van der Waals surface area contributed by atoms with Crippen LogP contribution in [0.15, 0.2) is 83.5 Å². The number of hydrogen-bond acceptors (Lipinski definition) is 8. The third-order valence-corrected chi connectivity index (χ3v) is 6.18. The van der Waals surface area contributed by atoms with Crippen molar-refractivity contribution in [1.82, 2.24) is 25.5 Å². The number of carboxylic acid groups (broad SMARTS) is 1. The van der Waals surface area contributed by atoms with Crippen molar-refractivity contribution >= 4 is 45.8 Å². The van der Waals surface area contributed by atoms with E-state index >= 15 is 0 Å². The Labute approximate surface area is 238 Å². The van der Waals surface area contributed by atoms with Crippen molar-refractivity contribution in [3.8, 4) is 11.3 Å². The van der Waals surface area contributed by atoms with E-state index < -0.39 is 5.97 Å². The Hall–Kier alpha value is -5.85. The lowest BCUT2D eigenvalue weighted by molar-refractivity contribution is -0.124. The molecule has 0 aliphatic rings. The van der Waals surface area contributed by atoms with E-state index in [0.717, 1.165) is 10.8 Å². The average Bonchev–Trinajstić information content (AvgIpc) is 3.66. The summed E-state index contributed by atoms with van der Waals surface area (Å²) in [6.07, 6.45) is 1.49. The Morgan fingerprint density at radius 1 is 0.857 bits per heavy atom. The summed E-state index contributed by atoms with van der Waals surface area (Å²) in [5, 5.41) is 30.6. The van der Waals surface area contributed by atoms with Gasteiger partial charge in [0.25, 0.3) is 0 Å². The van der Waals surface area contributed by atoms with Crippen LogP contribution in [0.4, 0.5) is 11.4 Å². The van der Waals surface area contributed by atoms with Crippen LogP contribution in [0.1, 0.15) is 29.0 Å². The van der Waals surface area contributed by atoms with E-state index in [4.69, 9.17) is 9.63 Å². The Balaban J connectivity index is 1.03. The molecule has 13 nitrogen and oxygen atoms in total. The monoisotopic (exact) mass is 567 g/mol. The number of carbonyl (C=O) groups excluding carboxylic acids is 3. The molecule has 5 aromatic rings. The normalized spacial score (nSPS) is 10.8. The van der Waals surface area contributed by atoms with E-state index in [2.05, 4.69) is 31.4 Å². The number of amides is 3. The first kappa shape index (κ1) is 27.7. The minimum absolute atomic E-state index is 0.0402. The van der Waals surface area contributed by atoms with Gasteiger partial charge < -0.3 is 25.6 Å². The second-order valence-corrected chi connectivity index (χ2v) is 9.27. The van der Waals surface area contributed by atoms with Gasteiger partial charge in [-0.15, -0.1) is 5.10 Å². The molecule has 4 N–H and O–H groups in total. The van der Waals surface area contributed by atoms with E-state index in [1.807, 2.05) is 42.5 Å². The molecule has 13 heteroatoms. The largest absolute Gasteiger partial charge is 0.476 e. The van der Waals surface area contributed by atoms with Crippen LogP contribution in [-0.4, -0.2) is 48.9 Å². The first-order valence-electron chi connectivity index (χ1n) is 12.9. The number of nitrogens with one attached hydrogen (secondary N) is 3. The van der Waals surface area contributed by atoms with Crippen LogP contribution in [0.2, 0.25) is 0 Å². The van der Waals surface area contributed by atoms with Crippen LogP contribution in [0, 0.1) is 0 Å². The molecule has 0 aliphatic carbocycles. The highest BCUT2D eigenvalue weighted by molar-refractivity contribution is 6.02. The number of aromatic nitrogens is 4. The maximum atomic E-state index is 12.6. The first-order valence-corrected chi connectivity index (χ1v) is 12.9. The van der Waals surface area contributed by atoms with Gasteiger partial charge in [-0.1, -0.05) is 46.8 Å². The maximum Gasteiger partial charge on any atom is 0.358 e. The molecule has 212 valence electrons. The lowest BCUT2D eigenvalue weighted by Crippen LogP contribution is -2.24. The SMILES string of the molecule is O=C(CCC(=O)Nc1ccc(-c2cc(C(=O)O)no2)cc1)NCc1cn(CC(=O)Nc2cccc3ccccc23)nn1. The van der Waals surface area contributed by atoms with Crippen LogP contribution in [0.25, 0.3) is 22.1 Å². The lowest BCUT2D eigenvalue weighted by Gasteiger charge is -2.08. The Bertz CT molecular complexity index is 1750. The zero-order valence-electron chi connectivity index (χ0n) is 22.1. The lowest BCUT2D eigenvalue weighted by atomic mass is 10.1. The summed E-state index contributed by atoms with van der Waals surface area (Å²) in [7, 11) is 0. The molecule has 0 saturated heterocycles. The third kappa shape index (κ3) is 7.01. The molecule has 0 aliphatic heterocycles. The molecule has 0 bridgehead atoms. The van der Waals surface area contributed by atoms with Crippen molar-refractivity contribution in [2.75, 3.05) is 10.6 Å². The second kappa shape index (κ2) is 12.6. The summed E-state index contributed by atoms with van der Waals surface area (Å²) in [5.74, 6) is -1.87.